The fourth-order valence-electron chi connectivity index (χ4n) is 3.10. The molecule has 0 aromatic carbocycles. The number of amides is 1. The van der Waals surface area contributed by atoms with E-state index in [4.69, 9.17) is 5.73 Å². The maximum absolute atomic E-state index is 12.5. The third-order valence-corrected chi connectivity index (χ3v) is 4.90. The van der Waals surface area contributed by atoms with Gasteiger partial charge in [-0.1, -0.05) is 33.1 Å². The third-order valence-electron chi connectivity index (χ3n) is 4.90. The quantitative estimate of drug-likeness (QED) is 0.665. The lowest BCUT2D eigenvalue weighted by Gasteiger charge is -2.33. The van der Waals surface area contributed by atoms with Crippen LogP contribution < -0.4 is 11.1 Å². The van der Waals surface area contributed by atoms with Crippen LogP contribution in [0.1, 0.15) is 58.8 Å². The van der Waals surface area contributed by atoms with Gasteiger partial charge in [0, 0.05) is 6.54 Å². The molecule has 0 aromatic rings. The smallest absolute Gasteiger partial charge is 0.326 e. The minimum atomic E-state index is -0.927. The number of carbonyl (C=O) groups excluding carboxylic acids is 1. The third kappa shape index (κ3) is 3.72. The van der Waals surface area contributed by atoms with Gasteiger partial charge in [-0.15, -0.1) is 0 Å². The molecule has 1 rings (SSSR count). The Labute approximate surface area is 121 Å². The zero-order valence-electron chi connectivity index (χ0n) is 12.7. The molecule has 0 spiro atoms. The summed E-state index contributed by atoms with van der Waals surface area (Å²) in [6.07, 6.45) is 6.27. The molecule has 4 N–H and O–H groups in total. The van der Waals surface area contributed by atoms with Crippen LogP contribution in [0.2, 0.25) is 0 Å². The predicted octanol–water partition coefficient (Wildman–Crippen LogP) is 1.90. The minimum absolute atomic E-state index is 0.0504. The second-order valence-electron chi connectivity index (χ2n) is 5.88. The molecule has 1 aliphatic carbocycles. The Hall–Kier alpha value is -1.10. The highest BCUT2D eigenvalue weighted by molar-refractivity contribution is 5.87. The highest BCUT2D eigenvalue weighted by Crippen LogP contribution is 2.29. The van der Waals surface area contributed by atoms with Gasteiger partial charge in [0.25, 0.3) is 0 Å². The highest BCUT2D eigenvalue weighted by Gasteiger charge is 2.38. The standard InChI is InChI=1S/C15H28N2O3/c1-3-15(4-2,10-16)14(20)17-12(13(18)19)11-8-6-5-7-9-11/h11-12H,3-10,16H2,1-2H3,(H,17,20)(H,18,19). The summed E-state index contributed by atoms with van der Waals surface area (Å²) in [5, 5.41) is 12.2. The normalized spacial score (nSPS) is 18.6. The lowest BCUT2D eigenvalue weighted by atomic mass is 9.79. The van der Waals surface area contributed by atoms with Crippen LogP contribution in [0.5, 0.6) is 0 Å². The fraction of sp³-hybridized carbons (Fsp3) is 0.867. The summed E-state index contributed by atoms with van der Waals surface area (Å²) in [5.41, 5.74) is 5.12. The first-order valence-corrected chi connectivity index (χ1v) is 7.74. The maximum Gasteiger partial charge on any atom is 0.326 e. The van der Waals surface area contributed by atoms with Crippen molar-refractivity contribution in [2.24, 2.45) is 17.1 Å². The molecular weight excluding hydrogens is 256 g/mol. The molecule has 0 aromatic heterocycles. The number of nitrogens with one attached hydrogen (secondary N) is 1. The van der Waals surface area contributed by atoms with Gasteiger partial charge >= 0.3 is 5.97 Å². The number of nitrogens with two attached hydrogens (primary N) is 1. The topological polar surface area (TPSA) is 92.4 Å². The van der Waals surface area contributed by atoms with E-state index < -0.39 is 17.4 Å². The number of hydrogen-bond acceptors (Lipinski definition) is 3. The largest absolute Gasteiger partial charge is 0.480 e. The van der Waals surface area contributed by atoms with Gasteiger partial charge in [0.2, 0.25) is 5.91 Å². The lowest BCUT2D eigenvalue weighted by Crippen LogP contribution is -2.53. The van der Waals surface area contributed by atoms with Gasteiger partial charge < -0.3 is 16.2 Å². The van der Waals surface area contributed by atoms with E-state index in [1.807, 2.05) is 13.8 Å². The number of carboxylic acid groups (broad SMARTS) is 1. The molecule has 0 saturated heterocycles. The Morgan fingerprint density at radius 3 is 2.20 bits per heavy atom. The molecule has 116 valence electrons. The van der Waals surface area contributed by atoms with Crippen molar-refractivity contribution in [3.63, 3.8) is 0 Å². The van der Waals surface area contributed by atoms with Crippen molar-refractivity contribution in [3.05, 3.63) is 0 Å². The second-order valence-corrected chi connectivity index (χ2v) is 5.88. The molecule has 1 unspecified atom stereocenters. The van der Waals surface area contributed by atoms with E-state index in [1.54, 1.807) is 0 Å². The van der Waals surface area contributed by atoms with Crippen molar-refractivity contribution in [2.75, 3.05) is 6.54 Å². The first-order valence-electron chi connectivity index (χ1n) is 7.74. The van der Waals surface area contributed by atoms with Crippen LogP contribution in [-0.2, 0) is 9.59 Å². The Balaban J connectivity index is 2.79. The first-order chi connectivity index (χ1) is 9.50. The van der Waals surface area contributed by atoms with Gasteiger partial charge in [-0.25, -0.2) is 4.79 Å². The Morgan fingerprint density at radius 1 is 1.25 bits per heavy atom. The molecule has 20 heavy (non-hydrogen) atoms. The van der Waals surface area contributed by atoms with E-state index >= 15 is 0 Å². The van der Waals surface area contributed by atoms with Crippen molar-refractivity contribution >= 4 is 11.9 Å². The van der Waals surface area contributed by atoms with Crippen molar-refractivity contribution in [3.8, 4) is 0 Å². The van der Waals surface area contributed by atoms with Crippen molar-refractivity contribution in [2.45, 2.75) is 64.8 Å². The Bertz CT molecular complexity index is 326. The average molecular weight is 284 g/mol. The molecule has 1 saturated carbocycles. The number of aliphatic carboxylic acids is 1. The van der Waals surface area contributed by atoms with Gasteiger partial charge in [0.1, 0.15) is 6.04 Å². The molecule has 1 aliphatic rings. The van der Waals surface area contributed by atoms with Gasteiger partial charge in [-0.3, -0.25) is 4.79 Å². The number of rotatable bonds is 7. The van der Waals surface area contributed by atoms with Crippen LogP contribution in [-0.4, -0.2) is 29.6 Å². The van der Waals surface area contributed by atoms with Crippen LogP contribution in [0.25, 0.3) is 0 Å². The van der Waals surface area contributed by atoms with E-state index in [-0.39, 0.29) is 18.4 Å². The van der Waals surface area contributed by atoms with Crippen LogP contribution in [0.4, 0.5) is 0 Å². The first kappa shape index (κ1) is 17.0. The minimum Gasteiger partial charge on any atom is -0.480 e. The van der Waals surface area contributed by atoms with Gasteiger partial charge in [-0.05, 0) is 31.6 Å². The molecule has 0 heterocycles. The average Bonchev–Trinajstić information content (AvgIpc) is 2.47. The van der Waals surface area contributed by atoms with Crippen LogP contribution >= 0.6 is 0 Å². The zero-order chi connectivity index (χ0) is 15.2. The van der Waals surface area contributed by atoms with Gasteiger partial charge in [-0.2, -0.15) is 0 Å². The molecule has 5 nitrogen and oxygen atoms in total. The van der Waals surface area contributed by atoms with Crippen molar-refractivity contribution in [1.82, 2.24) is 5.32 Å². The van der Waals surface area contributed by atoms with Gasteiger partial charge in [0.15, 0.2) is 0 Å². The second kappa shape index (κ2) is 7.62. The van der Waals surface area contributed by atoms with Crippen LogP contribution in [0.15, 0.2) is 0 Å². The summed E-state index contributed by atoms with van der Waals surface area (Å²) < 4.78 is 0. The summed E-state index contributed by atoms with van der Waals surface area (Å²) >= 11 is 0. The SMILES string of the molecule is CCC(CC)(CN)C(=O)NC(C(=O)O)C1CCCCC1. The van der Waals surface area contributed by atoms with E-state index in [9.17, 15) is 14.7 Å². The van der Waals surface area contributed by atoms with E-state index in [0.29, 0.717) is 12.8 Å². The van der Waals surface area contributed by atoms with Crippen LogP contribution in [0.3, 0.4) is 0 Å². The number of carboxylic acids is 1. The summed E-state index contributed by atoms with van der Waals surface area (Å²) in [4.78, 5) is 23.9. The van der Waals surface area contributed by atoms with Gasteiger partial charge in [0.05, 0.1) is 5.41 Å². The summed E-state index contributed by atoms with van der Waals surface area (Å²) in [6, 6.07) is -0.771. The zero-order valence-corrected chi connectivity index (χ0v) is 12.7. The summed E-state index contributed by atoms with van der Waals surface area (Å²) in [5.74, 6) is -1.08. The molecule has 0 bridgehead atoms. The highest BCUT2D eigenvalue weighted by atomic mass is 16.4. The monoisotopic (exact) mass is 284 g/mol. The number of hydrogen-bond donors (Lipinski definition) is 3. The summed E-state index contributed by atoms with van der Waals surface area (Å²) in [7, 11) is 0. The molecule has 0 aliphatic heterocycles. The van der Waals surface area contributed by atoms with E-state index in [2.05, 4.69) is 5.32 Å². The lowest BCUT2D eigenvalue weighted by molar-refractivity contribution is -0.146. The molecule has 5 heteroatoms. The Morgan fingerprint density at radius 2 is 1.80 bits per heavy atom. The fourth-order valence-corrected chi connectivity index (χ4v) is 3.10. The molecular formula is C15H28N2O3. The molecule has 1 fully saturated rings. The summed E-state index contributed by atoms with van der Waals surface area (Å²) in [6.45, 7) is 4.10. The number of carbonyl (C=O) groups is 2. The van der Waals surface area contributed by atoms with Crippen LogP contribution in [0, 0.1) is 11.3 Å². The Kier molecular flexibility index (Phi) is 6.46. The maximum atomic E-state index is 12.5. The molecule has 1 atom stereocenters. The molecule has 0 radical (unpaired) electrons. The van der Waals surface area contributed by atoms with Crippen molar-refractivity contribution < 1.29 is 14.7 Å². The van der Waals surface area contributed by atoms with Crippen molar-refractivity contribution in [1.29, 1.82) is 0 Å². The van der Waals surface area contributed by atoms with E-state index in [0.717, 1.165) is 32.1 Å². The predicted molar refractivity (Wildman–Crippen MR) is 78.2 cm³/mol. The molecule has 1 amide bonds. The van der Waals surface area contributed by atoms with E-state index in [1.165, 1.54) is 0 Å².